The van der Waals surface area contributed by atoms with Crippen molar-refractivity contribution < 1.29 is 36.3 Å². The summed E-state index contributed by atoms with van der Waals surface area (Å²) in [6.07, 6.45) is 1.04. The van der Waals surface area contributed by atoms with E-state index in [4.69, 9.17) is 18.9 Å². The maximum Gasteiger partial charge on any atom is 0.374 e. The van der Waals surface area contributed by atoms with Gasteiger partial charge in [0.25, 0.3) is 5.91 Å². The molecule has 1 aliphatic heterocycles. The molecule has 0 fully saturated rings. The lowest BCUT2D eigenvalue weighted by Gasteiger charge is -2.23. The molecule has 4 heterocycles. The van der Waals surface area contributed by atoms with Gasteiger partial charge in [0.2, 0.25) is 15.8 Å². The van der Waals surface area contributed by atoms with Gasteiger partial charge < -0.3 is 23.8 Å². The van der Waals surface area contributed by atoms with Crippen LogP contribution in [-0.2, 0) is 21.5 Å². The molecule has 1 N–H and O–H groups in total. The zero-order valence-corrected chi connectivity index (χ0v) is 23.1. The number of ether oxygens (including phenoxy) is 2. The van der Waals surface area contributed by atoms with Crippen molar-refractivity contribution >= 4 is 49.5 Å². The number of aromatic nitrogens is 2. The van der Waals surface area contributed by atoms with E-state index < -0.39 is 21.9 Å². The molecule has 0 radical (unpaired) electrons. The molecule has 0 atom stereocenters. The van der Waals surface area contributed by atoms with Gasteiger partial charge in [-0.05, 0) is 36.4 Å². The van der Waals surface area contributed by atoms with Gasteiger partial charge >= 0.3 is 5.97 Å². The van der Waals surface area contributed by atoms with Crippen molar-refractivity contribution in [1.29, 1.82) is 0 Å². The van der Waals surface area contributed by atoms with Crippen LogP contribution in [0.5, 0.6) is 5.75 Å². The second-order valence-corrected chi connectivity index (χ2v) is 11.4. The van der Waals surface area contributed by atoms with Gasteiger partial charge in [-0.2, -0.15) is 0 Å². The molecular weight excluding hydrogens is 555 g/mol. The topological polar surface area (TPSA) is 133 Å². The number of esters is 1. The standard InChI is InChI=1S/C28H23FN4O7S/c1-30-27(34)24-16-10-15(20(32(2)41(4,36)37)12-23(16)40-26(24)28(35)38-3)18-8-9-22-25(31-18)21-11-14-17(29)6-5-7-19(14)33(21)13-39-22/h5-12H,13H2,1-4H3,(H,30,34). The van der Waals surface area contributed by atoms with Gasteiger partial charge in [0, 0.05) is 36.5 Å². The van der Waals surface area contributed by atoms with Crippen LogP contribution in [0, 0.1) is 5.82 Å². The SMILES string of the molecule is CNC(=O)c1c(C(=O)OC)oc2cc(N(C)S(C)(=O)=O)c(-c3ccc4c(n3)-c3cc5c(F)cccc5n3CO4)cc12. The zero-order chi connectivity index (χ0) is 29.2. The molecule has 0 saturated carbocycles. The second-order valence-electron chi connectivity index (χ2n) is 9.42. The van der Waals surface area contributed by atoms with Crippen molar-refractivity contribution in [3.63, 3.8) is 0 Å². The number of fused-ring (bicyclic) bond motifs is 6. The summed E-state index contributed by atoms with van der Waals surface area (Å²) in [5, 5.41) is 3.15. The minimum absolute atomic E-state index is 0.0685. The first-order valence-electron chi connectivity index (χ1n) is 12.3. The van der Waals surface area contributed by atoms with Crippen LogP contribution in [0.3, 0.4) is 0 Å². The van der Waals surface area contributed by atoms with E-state index in [-0.39, 0.29) is 40.5 Å². The molecule has 5 aromatic rings. The summed E-state index contributed by atoms with van der Waals surface area (Å²) in [4.78, 5) is 30.1. The third-order valence-corrected chi connectivity index (χ3v) is 8.28. The normalized spacial score (nSPS) is 12.5. The molecule has 11 nitrogen and oxygen atoms in total. The van der Waals surface area contributed by atoms with Crippen LogP contribution < -0.4 is 14.4 Å². The van der Waals surface area contributed by atoms with Crippen LogP contribution in [0.1, 0.15) is 20.9 Å². The molecule has 13 heteroatoms. The van der Waals surface area contributed by atoms with Crippen LogP contribution in [0.2, 0.25) is 0 Å². The fourth-order valence-electron chi connectivity index (χ4n) is 4.98. The minimum atomic E-state index is -3.77. The van der Waals surface area contributed by atoms with Crippen molar-refractivity contribution in [2.24, 2.45) is 0 Å². The third-order valence-electron chi connectivity index (χ3n) is 7.09. The number of halogens is 1. The molecule has 3 aromatic heterocycles. The molecule has 41 heavy (non-hydrogen) atoms. The largest absolute Gasteiger partial charge is 0.470 e. The number of hydrogen-bond acceptors (Lipinski definition) is 8. The third kappa shape index (κ3) is 4.08. The van der Waals surface area contributed by atoms with E-state index in [1.54, 1.807) is 41.0 Å². The van der Waals surface area contributed by atoms with Crippen molar-refractivity contribution in [3.05, 3.63) is 65.7 Å². The van der Waals surface area contributed by atoms with Gasteiger partial charge in [0.15, 0.2) is 6.73 Å². The van der Waals surface area contributed by atoms with E-state index >= 15 is 0 Å². The number of amides is 1. The van der Waals surface area contributed by atoms with Crippen molar-refractivity contribution in [2.45, 2.75) is 6.73 Å². The highest BCUT2D eigenvalue weighted by atomic mass is 32.2. The fourth-order valence-corrected chi connectivity index (χ4v) is 5.49. The highest BCUT2D eigenvalue weighted by molar-refractivity contribution is 7.92. The lowest BCUT2D eigenvalue weighted by molar-refractivity contribution is 0.0563. The number of nitrogens with zero attached hydrogens (tertiary/aromatic N) is 3. The number of pyridine rings is 1. The number of carbonyl (C=O) groups is 2. The molecule has 0 bridgehead atoms. The first-order valence-corrected chi connectivity index (χ1v) is 14.2. The Bertz CT molecular complexity index is 2030. The van der Waals surface area contributed by atoms with Gasteiger partial charge in [-0.15, -0.1) is 0 Å². The Kier molecular flexibility index (Phi) is 5.99. The quantitative estimate of drug-likeness (QED) is 0.308. The first-order chi connectivity index (χ1) is 19.5. The molecular formula is C28H23FN4O7S. The number of rotatable bonds is 5. The molecule has 2 aromatic carbocycles. The number of methoxy groups -OCH3 is 1. The summed E-state index contributed by atoms with van der Waals surface area (Å²) in [6.45, 7) is 0.158. The maximum atomic E-state index is 14.6. The summed E-state index contributed by atoms with van der Waals surface area (Å²) >= 11 is 0. The Morgan fingerprint density at radius 3 is 2.63 bits per heavy atom. The predicted octanol–water partition coefficient (Wildman–Crippen LogP) is 4.15. The molecule has 0 spiro atoms. The summed E-state index contributed by atoms with van der Waals surface area (Å²) < 4.78 is 59.1. The lowest BCUT2D eigenvalue weighted by Crippen LogP contribution is -2.25. The Hall–Kier alpha value is -4.91. The summed E-state index contributed by atoms with van der Waals surface area (Å²) in [6, 6.07) is 12.8. The average Bonchev–Trinajstić information content (AvgIpc) is 3.54. The summed E-state index contributed by atoms with van der Waals surface area (Å²) in [5.74, 6) is -1.72. The molecule has 0 unspecified atom stereocenters. The van der Waals surface area contributed by atoms with E-state index in [1.165, 1.54) is 26.2 Å². The van der Waals surface area contributed by atoms with E-state index in [0.717, 1.165) is 17.7 Å². The van der Waals surface area contributed by atoms with E-state index in [9.17, 15) is 22.4 Å². The zero-order valence-electron chi connectivity index (χ0n) is 22.3. The molecule has 0 aliphatic carbocycles. The van der Waals surface area contributed by atoms with Crippen molar-refractivity contribution in [2.75, 3.05) is 31.8 Å². The Labute approximate surface area is 233 Å². The average molecular weight is 579 g/mol. The van der Waals surface area contributed by atoms with E-state index in [1.807, 2.05) is 0 Å². The minimum Gasteiger partial charge on any atom is -0.470 e. The van der Waals surface area contributed by atoms with Crippen molar-refractivity contribution in [3.8, 4) is 28.4 Å². The monoisotopic (exact) mass is 578 g/mol. The van der Waals surface area contributed by atoms with E-state index in [0.29, 0.717) is 39.3 Å². The highest BCUT2D eigenvalue weighted by Crippen LogP contribution is 2.42. The Morgan fingerprint density at radius 2 is 1.93 bits per heavy atom. The number of carbonyl (C=O) groups excluding carboxylic acids is 2. The number of anilines is 1. The Morgan fingerprint density at radius 1 is 1.15 bits per heavy atom. The van der Waals surface area contributed by atoms with Crippen molar-refractivity contribution in [1.82, 2.24) is 14.9 Å². The van der Waals surface area contributed by atoms with Crippen LogP contribution >= 0.6 is 0 Å². The Balaban J connectivity index is 1.64. The number of sulfonamides is 1. The molecule has 1 aliphatic rings. The van der Waals surface area contributed by atoms with Gasteiger partial charge in [-0.3, -0.25) is 9.10 Å². The van der Waals surface area contributed by atoms with Crippen LogP contribution in [0.15, 0.2) is 52.9 Å². The van der Waals surface area contributed by atoms with Gasteiger partial charge in [0.05, 0.1) is 36.0 Å². The molecule has 0 saturated heterocycles. The first kappa shape index (κ1) is 26.3. The predicted molar refractivity (Wildman–Crippen MR) is 149 cm³/mol. The molecule has 210 valence electrons. The fraction of sp³-hybridized carbons (Fsp3) is 0.179. The lowest BCUT2D eigenvalue weighted by atomic mass is 10.0. The number of benzene rings is 2. The maximum absolute atomic E-state index is 14.6. The van der Waals surface area contributed by atoms with Crippen LogP contribution in [0.25, 0.3) is 44.5 Å². The number of nitrogens with one attached hydrogen (secondary N) is 1. The van der Waals surface area contributed by atoms with Gasteiger partial charge in [0.1, 0.15) is 28.4 Å². The molecule has 6 rings (SSSR count). The summed E-state index contributed by atoms with van der Waals surface area (Å²) in [7, 11) is 0.160. The summed E-state index contributed by atoms with van der Waals surface area (Å²) in [5.41, 5.74) is 2.56. The smallest absolute Gasteiger partial charge is 0.374 e. The number of hydrogen-bond donors (Lipinski definition) is 1. The van der Waals surface area contributed by atoms with E-state index in [2.05, 4.69) is 5.32 Å². The van der Waals surface area contributed by atoms with Gasteiger partial charge in [-0.1, -0.05) is 6.07 Å². The number of furan rings is 1. The highest BCUT2D eigenvalue weighted by Gasteiger charge is 2.30. The second kappa shape index (κ2) is 9.34. The van der Waals surface area contributed by atoms with Crippen LogP contribution in [0.4, 0.5) is 10.1 Å². The van der Waals surface area contributed by atoms with Crippen LogP contribution in [-0.4, -0.2) is 57.3 Å². The van der Waals surface area contributed by atoms with Gasteiger partial charge in [-0.25, -0.2) is 22.6 Å². The molecule has 1 amide bonds.